The Bertz CT molecular complexity index is 975. The van der Waals surface area contributed by atoms with Crippen molar-refractivity contribution >= 4 is 16.8 Å². The van der Waals surface area contributed by atoms with Crippen LogP contribution in [0.1, 0.15) is 16.7 Å². The van der Waals surface area contributed by atoms with Gasteiger partial charge < -0.3 is 15.0 Å². The van der Waals surface area contributed by atoms with Crippen LogP contribution in [0.3, 0.4) is 0 Å². The molecule has 1 aromatic heterocycles. The van der Waals surface area contributed by atoms with E-state index in [-0.39, 0.29) is 18.1 Å². The molecular weight excluding hydrogens is 328 g/mol. The lowest BCUT2D eigenvalue weighted by molar-refractivity contribution is -0.123. The maximum atomic E-state index is 12.2. The van der Waals surface area contributed by atoms with E-state index >= 15 is 0 Å². The number of carbonyl (C=O) groups excluding carboxylic acids is 1. The highest BCUT2D eigenvalue weighted by molar-refractivity contribution is 5.79. The molecule has 0 fully saturated rings. The largest absolute Gasteiger partial charge is 0.484 e. The van der Waals surface area contributed by atoms with Gasteiger partial charge in [-0.15, -0.1) is 0 Å². The van der Waals surface area contributed by atoms with E-state index in [9.17, 15) is 9.59 Å². The molecule has 0 unspecified atom stereocenters. The van der Waals surface area contributed by atoms with Crippen LogP contribution in [0.5, 0.6) is 5.75 Å². The molecule has 2 N–H and O–H groups in total. The average molecular weight is 350 g/mol. The molecule has 5 nitrogen and oxygen atoms in total. The highest BCUT2D eigenvalue weighted by Gasteiger charge is 2.06. The fraction of sp³-hybridized carbons (Fsp3) is 0.238. The van der Waals surface area contributed by atoms with E-state index < -0.39 is 0 Å². The number of fused-ring (bicyclic) bond motifs is 1. The summed E-state index contributed by atoms with van der Waals surface area (Å²) in [7, 11) is 0. The summed E-state index contributed by atoms with van der Waals surface area (Å²) >= 11 is 0. The van der Waals surface area contributed by atoms with Crippen LogP contribution in [-0.2, 0) is 11.2 Å². The van der Waals surface area contributed by atoms with E-state index in [2.05, 4.69) is 10.3 Å². The van der Waals surface area contributed by atoms with Crippen molar-refractivity contribution in [3.05, 3.63) is 75.6 Å². The highest BCUT2D eigenvalue weighted by Crippen LogP contribution is 2.13. The molecular formula is C21H22N2O3. The minimum Gasteiger partial charge on any atom is -0.484 e. The van der Waals surface area contributed by atoms with Crippen LogP contribution < -0.4 is 15.6 Å². The van der Waals surface area contributed by atoms with Crippen molar-refractivity contribution in [2.45, 2.75) is 20.3 Å². The Kier molecular flexibility index (Phi) is 5.37. The van der Waals surface area contributed by atoms with Gasteiger partial charge in [-0.25, -0.2) is 0 Å². The van der Waals surface area contributed by atoms with Gasteiger partial charge in [0.1, 0.15) is 5.75 Å². The van der Waals surface area contributed by atoms with E-state index in [0.717, 1.165) is 22.0 Å². The minimum atomic E-state index is -0.210. The summed E-state index contributed by atoms with van der Waals surface area (Å²) in [6.07, 6.45) is 0.468. The number of aromatic nitrogens is 1. The fourth-order valence-electron chi connectivity index (χ4n) is 2.72. The smallest absolute Gasteiger partial charge is 0.257 e. The van der Waals surface area contributed by atoms with Crippen LogP contribution in [0.2, 0.25) is 0 Å². The molecule has 0 aliphatic carbocycles. The fourth-order valence-corrected chi connectivity index (χ4v) is 2.72. The summed E-state index contributed by atoms with van der Waals surface area (Å²) in [6, 6.07) is 15.3. The SMILES string of the molecule is Cc1ccc(OCC(=O)NCCc2cc3ccc(C)cc3[nH]c2=O)cc1. The summed E-state index contributed by atoms with van der Waals surface area (Å²) in [6.45, 7) is 4.32. The first-order valence-electron chi connectivity index (χ1n) is 8.60. The Morgan fingerprint density at radius 3 is 2.54 bits per heavy atom. The van der Waals surface area contributed by atoms with Gasteiger partial charge in [0.25, 0.3) is 11.5 Å². The van der Waals surface area contributed by atoms with Crippen LogP contribution in [-0.4, -0.2) is 24.0 Å². The van der Waals surface area contributed by atoms with Gasteiger partial charge in [0.2, 0.25) is 0 Å². The predicted molar refractivity (Wildman–Crippen MR) is 103 cm³/mol. The molecule has 26 heavy (non-hydrogen) atoms. The number of carbonyl (C=O) groups is 1. The zero-order valence-electron chi connectivity index (χ0n) is 15.0. The van der Waals surface area contributed by atoms with E-state index in [4.69, 9.17) is 4.74 Å². The number of pyridine rings is 1. The summed E-state index contributed by atoms with van der Waals surface area (Å²) in [5, 5.41) is 3.77. The van der Waals surface area contributed by atoms with Gasteiger partial charge in [-0.2, -0.15) is 0 Å². The van der Waals surface area contributed by atoms with E-state index in [1.807, 2.05) is 62.4 Å². The number of aryl methyl sites for hydroxylation is 2. The van der Waals surface area contributed by atoms with E-state index in [1.165, 1.54) is 0 Å². The molecule has 0 atom stereocenters. The molecule has 0 bridgehead atoms. The van der Waals surface area contributed by atoms with Gasteiger partial charge in [0.05, 0.1) is 0 Å². The Labute approximate surface area is 152 Å². The zero-order valence-corrected chi connectivity index (χ0v) is 15.0. The minimum absolute atomic E-state index is 0.0452. The maximum absolute atomic E-state index is 12.2. The van der Waals surface area contributed by atoms with Crippen molar-refractivity contribution in [3.63, 3.8) is 0 Å². The van der Waals surface area contributed by atoms with Crippen LogP contribution in [0, 0.1) is 13.8 Å². The first-order valence-corrected chi connectivity index (χ1v) is 8.60. The number of H-pyrrole nitrogens is 1. The molecule has 0 aliphatic rings. The summed E-state index contributed by atoms with van der Waals surface area (Å²) < 4.78 is 5.44. The van der Waals surface area contributed by atoms with Gasteiger partial charge in [0.15, 0.2) is 6.61 Å². The molecule has 1 heterocycles. The average Bonchev–Trinajstić information content (AvgIpc) is 2.62. The number of benzene rings is 2. The lowest BCUT2D eigenvalue weighted by Gasteiger charge is -2.08. The summed E-state index contributed by atoms with van der Waals surface area (Å²) in [5.74, 6) is 0.449. The lowest BCUT2D eigenvalue weighted by Crippen LogP contribution is -2.31. The number of hydrogen-bond acceptors (Lipinski definition) is 3. The third kappa shape index (κ3) is 4.51. The second-order valence-corrected chi connectivity index (χ2v) is 6.42. The second kappa shape index (κ2) is 7.87. The number of nitrogens with one attached hydrogen (secondary N) is 2. The first kappa shape index (κ1) is 17.7. The maximum Gasteiger partial charge on any atom is 0.257 e. The third-order valence-corrected chi connectivity index (χ3v) is 4.19. The van der Waals surface area contributed by atoms with Gasteiger partial charge in [-0.3, -0.25) is 9.59 Å². The number of aromatic amines is 1. The molecule has 3 rings (SSSR count). The van der Waals surface area contributed by atoms with Gasteiger partial charge in [0, 0.05) is 17.6 Å². The van der Waals surface area contributed by atoms with Gasteiger partial charge in [-0.1, -0.05) is 29.8 Å². The Morgan fingerprint density at radius 2 is 1.77 bits per heavy atom. The Morgan fingerprint density at radius 1 is 1.04 bits per heavy atom. The van der Waals surface area contributed by atoms with Crippen molar-refractivity contribution in [2.75, 3.05) is 13.2 Å². The van der Waals surface area contributed by atoms with Crippen LogP contribution in [0.25, 0.3) is 10.9 Å². The van der Waals surface area contributed by atoms with Crippen molar-refractivity contribution in [2.24, 2.45) is 0 Å². The molecule has 0 spiro atoms. The normalized spacial score (nSPS) is 10.7. The van der Waals surface area contributed by atoms with Crippen LogP contribution in [0.15, 0.2) is 53.3 Å². The first-order chi connectivity index (χ1) is 12.5. The van der Waals surface area contributed by atoms with Gasteiger partial charge in [-0.05, 0) is 55.5 Å². The molecule has 1 amide bonds. The topological polar surface area (TPSA) is 71.2 Å². The van der Waals surface area contributed by atoms with Crippen molar-refractivity contribution in [3.8, 4) is 5.75 Å². The predicted octanol–water partition coefficient (Wildman–Crippen LogP) is 2.88. The second-order valence-electron chi connectivity index (χ2n) is 6.42. The van der Waals surface area contributed by atoms with Crippen LogP contribution in [0.4, 0.5) is 0 Å². The molecule has 0 saturated heterocycles. The number of amides is 1. The monoisotopic (exact) mass is 350 g/mol. The highest BCUT2D eigenvalue weighted by atomic mass is 16.5. The number of rotatable bonds is 6. The summed E-state index contributed by atoms with van der Waals surface area (Å²) in [4.78, 5) is 26.9. The van der Waals surface area contributed by atoms with Crippen molar-refractivity contribution < 1.29 is 9.53 Å². The summed E-state index contributed by atoms with van der Waals surface area (Å²) in [5.41, 5.74) is 3.60. The number of ether oxygens (including phenoxy) is 1. The third-order valence-electron chi connectivity index (χ3n) is 4.19. The zero-order chi connectivity index (χ0) is 18.5. The quantitative estimate of drug-likeness (QED) is 0.718. The molecule has 5 heteroatoms. The Hall–Kier alpha value is -3.08. The van der Waals surface area contributed by atoms with Crippen LogP contribution >= 0.6 is 0 Å². The molecule has 0 saturated carbocycles. The number of hydrogen-bond donors (Lipinski definition) is 2. The molecule has 134 valence electrons. The molecule has 2 aromatic carbocycles. The standard InChI is InChI=1S/C21H22N2O3/c1-14-4-7-18(8-5-14)26-13-20(24)22-10-9-17-12-16-6-3-15(2)11-19(16)23-21(17)25/h3-8,11-12H,9-10,13H2,1-2H3,(H,22,24)(H,23,25). The van der Waals surface area contributed by atoms with E-state index in [0.29, 0.717) is 24.3 Å². The molecule has 0 radical (unpaired) electrons. The molecule has 0 aliphatic heterocycles. The van der Waals surface area contributed by atoms with Gasteiger partial charge >= 0.3 is 0 Å². The van der Waals surface area contributed by atoms with E-state index in [1.54, 1.807) is 0 Å². The molecule has 3 aromatic rings. The van der Waals surface area contributed by atoms with Crippen molar-refractivity contribution in [1.29, 1.82) is 0 Å². The van der Waals surface area contributed by atoms with Crippen molar-refractivity contribution in [1.82, 2.24) is 10.3 Å². The Balaban J connectivity index is 1.52. The lowest BCUT2D eigenvalue weighted by atomic mass is 10.1.